The minimum atomic E-state index is -0.00343. The Morgan fingerprint density at radius 3 is 2.77 bits per heavy atom. The number of amides is 1. The van der Waals surface area contributed by atoms with Gasteiger partial charge in [-0.2, -0.15) is 4.98 Å². The summed E-state index contributed by atoms with van der Waals surface area (Å²) in [6, 6.07) is 10.9. The molecule has 26 heavy (non-hydrogen) atoms. The van der Waals surface area contributed by atoms with Gasteiger partial charge in [0.25, 0.3) is 5.91 Å². The Labute approximate surface area is 150 Å². The number of hydrogen-bond acceptors (Lipinski definition) is 6. The van der Waals surface area contributed by atoms with E-state index in [1.54, 1.807) is 29.4 Å². The van der Waals surface area contributed by atoms with Crippen LogP contribution in [0.25, 0.3) is 11.4 Å². The van der Waals surface area contributed by atoms with Crippen molar-refractivity contribution in [2.75, 3.05) is 19.7 Å². The molecule has 132 valence electrons. The highest BCUT2D eigenvalue weighted by molar-refractivity contribution is 5.95. The molecule has 0 spiro atoms. The van der Waals surface area contributed by atoms with Crippen LogP contribution >= 0.6 is 0 Å². The van der Waals surface area contributed by atoms with Gasteiger partial charge in [0.15, 0.2) is 0 Å². The average Bonchev–Trinajstić information content (AvgIpc) is 3.12. The summed E-state index contributed by atoms with van der Waals surface area (Å²) in [5, 5.41) is 4.00. The van der Waals surface area contributed by atoms with Crippen LogP contribution in [0.3, 0.4) is 0 Å². The molecule has 1 amide bonds. The molecule has 3 heterocycles. The summed E-state index contributed by atoms with van der Waals surface area (Å²) in [6.45, 7) is 3.67. The molecule has 1 aromatic carbocycles. The summed E-state index contributed by atoms with van der Waals surface area (Å²) in [7, 11) is 0. The minimum Gasteiger partial charge on any atom is -0.494 e. The highest BCUT2D eigenvalue weighted by atomic mass is 16.5. The Kier molecular flexibility index (Phi) is 4.35. The van der Waals surface area contributed by atoms with E-state index < -0.39 is 0 Å². The van der Waals surface area contributed by atoms with E-state index in [1.807, 2.05) is 31.2 Å². The number of carbonyl (C=O) groups is 1. The molecule has 7 nitrogen and oxygen atoms in total. The zero-order valence-corrected chi connectivity index (χ0v) is 14.3. The summed E-state index contributed by atoms with van der Waals surface area (Å²) in [5.74, 6) is 1.90. The van der Waals surface area contributed by atoms with Gasteiger partial charge in [-0.05, 0) is 43.3 Å². The summed E-state index contributed by atoms with van der Waals surface area (Å²) in [5.41, 5.74) is 1.46. The molecular weight excluding hydrogens is 332 g/mol. The molecule has 1 fully saturated rings. The first-order chi connectivity index (χ1) is 12.7. The molecule has 0 unspecified atom stereocenters. The quantitative estimate of drug-likeness (QED) is 0.704. The molecule has 3 aromatic rings. The number of pyridine rings is 1. The van der Waals surface area contributed by atoms with Gasteiger partial charge in [0.2, 0.25) is 11.7 Å². The van der Waals surface area contributed by atoms with Crippen LogP contribution in [0.5, 0.6) is 5.75 Å². The fourth-order valence-corrected chi connectivity index (χ4v) is 2.86. The van der Waals surface area contributed by atoms with E-state index in [2.05, 4.69) is 15.1 Å². The monoisotopic (exact) mass is 350 g/mol. The number of rotatable bonds is 5. The van der Waals surface area contributed by atoms with Crippen LogP contribution in [0.4, 0.5) is 0 Å². The van der Waals surface area contributed by atoms with Crippen LogP contribution in [-0.4, -0.2) is 45.6 Å². The van der Waals surface area contributed by atoms with Crippen molar-refractivity contribution >= 4 is 5.91 Å². The van der Waals surface area contributed by atoms with Crippen molar-refractivity contribution in [2.45, 2.75) is 12.8 Å². The molecule has 1 aliphatic heterocycles. The van der Waals surface area contributed by atoms with Gasteiger partial charge in [0.1, 0.15) is 5.75 Å². The predicted octanol–water partition coefficient (Wildman–Crippen LogP) is 2.77. The average molecular weight is 350 g/mol. The number of benzene rings is 1. The molecular formula is C19H18N4O3. The molecule has 0 radical (unpaired) electrons. The van der Waals surface area contributed by atoms with Crippen molar-refractivity contribution in [3.05, 3.63) is 60.2 Å². The first-order valence-corrected chi connectivity index (χ1v) is 8.50. The van der Waals surface area contributed by atoms with Gasteiger partial charge in [-0.1, -0.05) is 5.16 Å². The second-order valence-electron chi connectivity index (χ2n) is 6.06. The van der Waals surface area contributed by atoms with Crippen molar-refractivity contribution < 1.29 is 14.1 Å². The molecule has 2 aromatic heterocycles. The number of carbonyl (C=O) groups excluding carboxylic acids is 1. The van der Waals surface area contributed by atoms with Crippen molar-refractivity contribution in [3.8, 4) is 17.1 Å². The Morgan fingerprint density at radius 1 is 1.27 bits per heavy atom. The number of hydrogen-bond donors (Lipinski definition) is 0. The maximum Gasteiger partial charge on any atom is 0.253 e. The van der Waals surface area contributed by atoms with E-state index >= 15 is 0 Å². The van der Waals surface area contributed by atoms with Gasteiger partial charge >= 0.3 is 0 Å². The van der Waals surface area contributed by atoms with Crippen molar-refractivity contribution in [1.82, 2.24) is 20.0 Å². The zero-order valence-electron chi connectivity index (χ0n) is 14.3. The standard InChI is InChI=1S/C19H18N4O3/c1-2-25-16-7-5-13(6-8-16)19(24)23-11-15(12-23)18-21-17(22-26-18)14-4-3-9-20-10-14/h3-10,15H,2,11-12H2,1H3. The van der Waals surface area contributed by atoms with Gasteiger partial charge < -0.3 is 14.2 Å². The van der Waals surface area contributed by atoms with Gasteiger partial charge in [-0.25, -0.2) is 0 Å². The second-order valence-corrected chi connectivity index (χ2v) is 6.06. The first kappa shape index (κ1) is 16.3. The lowest BCUT2D eigenvalue weighted by Gasteiger charge is -2.37. The maximum absolute atomic E-state index is 12.5. The van der Waals surface area contributed by atoms with Crippen LogP contribution < -0.4 is 4.74 Å². The van der Waals surface area contributed by atoms with E-state index in [9.17, 15) is 4.79 Å². The van der Waals surface area contributed by atoms with Crippen LogP contribution in [0, 0.1) is 0 Å². The highest BCUT2D eigenvalue weighted by Crippen LogP contribution is 2.29. The Hall–Kier alpha value is -3.22. The summed E-state index contributed by atoms with van der Waals surface area (Å²) in [6.07, 6.45) is 3.39. The van der Waals surface area contributed by atoms with Crippen LogP contribution in [0.2, 0.25) is 0 Å². The lowest BCUT2D eigenvalue weighted by Crippen LogP contribution is -2.48. The van der Waals surface area contributed by atoms with E-state index in [0.717, 1.165) is 11.3 Å². The van der Waals surface area contributed by atoms with E-state index in [4.69, 9.17) is 9.26 Å². The Bertz CT molecular complexity index is 887. The lowest BCUT2D eigenvalue weighted by molar-refractivity contribution is 0.0569. The molecule has 0 aliphatic carbocycles. The topological polar surface area (TPSA) is 81.4 Å². The molecule has 4 rings (SSSR count). The smallest absolute Gasteiger partial charge is 0.253 e. The maximum atomic E-state index is 12.5. The van der Waals surface area contributed by atoms with Crippen LogP contribution in [0.15, 0.2) is 53.3 Å². The molecule has 0 atom stereocenters. The normalized spacial score (nSPS) is 14.1. The Morgan fingerprint density at radius 2 is 2.08 bits per heavy atom. The third-order valence-electron chi connectivity index (χ3n) is 4.29. The van der Waals surface area contributed by atoms with Gasteiger partial charge in [-0.15, -0.1) is 0 Å². The minimum absolute atomic E-state index is 0.00343. The van der Waals surface area contributed by atoms with Crippen molar-refractivity contribution in [3.63, 3.8) is 0 Å². The third kappa shape index (κ3) is 3.15. The van der Waals surface area contributed by atoms with Crippen molar-refractivity contribution in [2.24, 2.45) is 0 Å². The molecule has 1 saturated heterocycles. The van der Waals surface area contributed by atoms with Gasteiger partial charge in [0.05, 0.1) is 12.5 Å². The summed E-state index contributed by atoms with van der Waals surface area (Å²) < 4.78 is 10.8. The van der Waals surface area contributed by atoms with Gasteiger partial charge in [-0.3, -0.25) is 9.78 Å². The highest BCUT2D eigenvalue weighted by Gasteiger charge is 2.36. The number of nitrogens with zero attached hydrogens (tertiary/aromatic N) is 4. The van der Waals surface area contributed by atoms with E-state index in [-0.39, 0.29) is 11.8 Å². The Balaban J connectivity index is 1.38. The number of aromatic nitrogens is 3. The van der Waals surface area contributed by atoms with Crippen LogP contribution in [0.1, 0.15) is 29.1 Å². The van der Waals surface area contributed by atoms with Gasteiger partial charge in [0, 0.05) is 36.6 Å². The molecule has 0 bridgehead atoms. The number of ether oxygens (including phenoxy) is 1. The molecule has 0 saturated carbocycles. The summed E-state index contributed by atoms with van der Waals surface area (Å²) >= 11 is 0. The fraction of sp³-hybridized carbons (Fsp3) is 0.263. The SMILES string of the molecule is CCOc1ccc(C(=O)N2CC(c3nc(-c4cccnc4)no3)C2)cc1. The molecule has 1 aliphatic rings. The fourth-order valence-electron chi connectivity index (χ4n) is 2.86. The zero-order chi connectivity index (χ0) is 17.9. The summed E-state index contributed by atoms with van der Waals surface area (Å²) in [4.78, 5) is 22.8. The largest absolute Gasteiger partial charge is 0.494 e. The van der Waals surface area contributed by atoms with Crippen LogP contribution in [-0.2, 0) is 0 Å². The van der Waals surface area contributed by atoms with Crippen molar-refractivity contribution in [1.29, 1.82) is 0 Å². The van der Waals surface area contributed by atoms with E-state index in [1.165, 1.54) is 0 Å². The lowest BCUT2D eigenvalue weighted by atomic mass is 9.98. The first-order valence-electron chi connectivity index (χ1n) is 8.50. The molecule has 7 heteroatoms. The molecule has 0 N–H and O–H groups in total. The second kappa shape index (κ2) is 6.95. The van der Waals surface area contributed by atoms with E-state index in [0.29, 0.717) is 37.0 Å². The predicted molar refractivity (Wildman–Crippen MR) is 93.8 cm³/mol. The third-order valence-corrected chi connectivity index (χ3v) is 4.29. The number of likely N-dealkylation sites (tertiary alicyclic amines) is 1.